The summed E-state index contributed by atoms with van der Waals surface area (Å²) < 4.78 is 0. The molecule has 1 spiro atoms. The summed E-state index contributed by atoms with van der Waals surface area (Å²) >= 11 is 0. The number of nitrogens with one attached hydrogen (secondary N) is 3. The predicted octanol–water partition coefficient (Wildman–Crippen LogP) is 0.908. The van der Waals surface area contributed by atoms with Crippen molar-refractivity contribution >= 4 is 28.6 Å². The molecule has 1 aliphatic heterocycles. The monoisotopic (exact) mass is 383 g/mol. The molecule has 1 aromatic carbocycles. The second-order valence-corrected chi connectivity index (χ2v) is 7.23. The zero-order valence-electron chi connectivity index (χ0n) is 15.3. The minimum Gasteiger partial charge on any atom is -0.351 e. The smallest absolute Gasteiger partial charge is 0.325 e. The molecule has 0 unspecified atom stereocenters. The van der Waals surface area contributed by atoms with Crippen molar-refractivity contribution in [2.75, 3.05) is 13.1 Å². The van der Waals surface area contributed by atoms with Crippen LogP contribution in [-0.4, -0.2) is 51.6 Å². The van der Waals surface area contributed by atoms with Gasteiger partial charge in [0.05, 0.1) is 5.39 Å². The Balaban J connectivity index is 1.36. The molecule has 2 aromatic rings. The minimum atomic E-state index is -0.709. The van der Waals surface area contributed by atoms with E-state index < -0.39 is 11.4 Å². The molecule has 1 aliphatic carbocycles. The zero-order chi connectivity index (χ0) is 19.7. The molecule has 2 fully saturated rings. The maximum absolute atomic E-state index is 12.6. The van der Waals surface area contributed by atoms with Crippen molar-refractivity contribution in [2.45, 2.75) is 37.6 Å². The second-order valence-electron chi connectivity index (χ2n) is 7.23. The van der Waals surface area contributed by atoms with Crippen LogP contribution in [0.25, 0.3) is 10.8 Å². The van der Waals surface area contributed by atoms with Crippen LogP contribution in [0.5, 0.6) is 0 Å². The summed E-state index contributed by atoms with van der Waals surface area (Å²) in [5.41, 5.74) is -0.930. The molecule has 0 atom stereocenters. The van der Waals surface area contributed by atoms with E-state index >= 15 is 0 Å². The number of fused-ring (bicyclic) bond motifs is 1. The van der Waals surface area contributed by atoms with Crippen molar-refractivity contribution < 1.29 is 14.4 Å². The van der Waals surface area contributed by atoms with Crippen LogP contribution in [0.1, 0.15) is 42.6 Å². The Morgan fingerprint density at radius 2 is 1.86 bits per heavy atom. The highest BCUT2D eigenvalue weighted by Crippen LogP contribution is 2.34. The first-order valence-corrected chi connectivity index (χ1v) is 9.42. The quantitative estimate of drug-likeness (QED) is 0.523. The van der Waals surface area contributed by atoms with Crippen LogP contribution in [-0.2, 0) is 4.79 Å². The number of benzene rings is 1. The molecule has 3 N–H and O–H groups in total. The number of hydrogen-bond donors (Lipinski definition) is 3. The van der Waals surface area contributed by atoms with E-state index in [2.05, 4.69) is 20.8 Å². The molecule has 1 aromatic heterocycles. The summed E-state index contributed by atoms with van der Waals surface area (Å²) in [4.78, 5) is 50.2. The first-order valence-electron chi connectivity index (χ1n) is 9.42. The summed E-state index contributed by atoms with van der Waals surface area (Å²) in [5, 5.41) is 12.6. The largest absolute Gasteiger partial charge is 0.351 e. The van der Waals surface area contributed by atoms with Crippen molar-refractivity contribution in [2.24, 2.45) is 0 Å². The van der Waals surface area contributed by atoms with Gasteiger partial charge in [0, 0.05) is 18.5 Å². The number of aromatic amines is 1. The van der Waals surface area contributed by atoms with Gasteiger partial charge in [0.2, 0.25) is 0 Å². The topological polar surface area (TPSA) is 124 Å². The number of H-pyrrole nitrogens is 1. The zero-order valence-corrected chi connectivity index (χ0v) is 15.3. The Labute approximate surface area is 160 Å². The summed E-state index contributed by atoms with van der Waals surface area (Å²) in [7, 11) is 0. The molecular weight excluding hydrogens is 362 g/mol. The van der Waals surface area contributed by atoms with E-state index in [1.54, 1.807) is 24.3 Å². The van der Waals surface area contributed by atoms with Crippen LogP contribution in [0, 0.1) is 0 Å². The lowest BCUT2D eigenvalue weighted by Gasteiger charge is -2.20. The molecule has 146 valence electrons. The lowest BCUT2D eigenvalue weighted by molar-refractivity contribution is -0.131. The maximum atomic E-state index is 12.6. The third-order valence-electron chi connectivity index (χ3n) is 5.46. The highest BCUT2D eigenvalue weighted by atomic mass is 16.2. The van der Waals surface area contributed by atoms with Crippen LogP contribution >= 0.6 is 0 Å². The van der Waals surface area contributed by atoms with Gasteiger partial charge in [0.1, 0.15) is 5.54 Å². The number of imide groups is 1. The van der Waals surface area contributed by atoms with Crippen molar-refractivity contribution in [3.05, 3.63) is 40.3 Å². The highest BCUT2D eigenvalue weighted by Gasteiger charge is 2.51. The Kier molecular flexibility index (Phi) is 4.58. The Bertz CT molecular complexity index is 1010. The lowest BCUT2D eigenvalue weighted by Crippen LogP contribution is -2.44. The number of hydrogen-bond acceptors (Lipinski definition) is 5. The highest BCUT2D eigenvalue weighted by molar-refractivity contribution is 6.07. The van der Waals surface area contributed by atoms with Gasteiger partial charge < -0.3 is 10.6 Å². The van der Waals surface area contributed by atoms with E-state index in [1.165, 1.54) is 4.90 Å². The molecular formula is C19H21N5O4. The Morgan fingerprint density at radius 1 is 1.14 bits per heavy atom. The third kappa shape index (κ3) is 3.02. The molecule has 2 heterocycles. The minimum absolute atomic E-state index is 0.134. The van der Waals surface area contributed by atoms with Gasteiger partial charge in [-0.15, -0.1) is 0 Å². The number of carbonyl (C=O) groups is 3. The Morgan fingerprint density at radius 3 is 2.61 bits per heavy atom. The number of nitrogens with zero attached hydrogens (tertiary/aromatic N) is 2. The number of amides is 4. The molecule has 28 heavy (non-hydrogen) atoms. The van der Waals surface area contributed by atoms with Crippen molar-refractivity contribution in [3.63, 3.8) is 0 Å². The normalized spacial score (nSPS) is 18.1. The first-order chi connectivity index (χ1) is 13.5. The molecule has 0 bridgehead atoms. The van der Waals surface area contributed by atoms with Crippen LogP contribution in [0.3, 0.4) is 0 Å². The first kappa shape index (κ1) is 18.1. The van der Waals surface area contributed by atoms with E-state index in [1.807, 2.05) is 0 Å². The van der Waals surface area contributed by atoms with Crippen molar-refractivity contribution in [3.8, 4) is 0 Å². The average molecular weight is 383 g/mol. The average Bonchev–Trinajstić information content (AvgIpc) is 3.25. The fourth-order valence-electron chi connectivity index (χ4n) is 4.01. The van der Waals surface area contributed by atoms with Gasteiger partial charge >= 0.3 is 6.03 Å². The number of rotatable bonds is 5. The fraction of sp³-hybridized carbons (Fsp3) is 0.421. The van der Waals surface area contributed by atoms with Gasteiger partial charge in [-0.2, -0.15) is 5.10 Å². The van der Waals surface area contributed by atoms with Crippen LogP contribution in [0.15, 0.2) is 29.1 Å². The van der Waals surface area contributed by atoms with Gasteiger partial charge in [-0.05, 0) is 25.3 Å². The number of aromatic nitrogens is 2. The molecule has 9 heteroatoms. The van der Waals surface area contributed by atoms with Gasteiger partial charge in [-0.3, -0.25) is 19.3 Å². The van der Waals surface area contributed by atoms with Gasteiger partial charge in [0.15, 0.2) is 5.69 Å². The summed E-state index contributed by atoms with van der Waals surface area (Å²) in [6.45, 7) is 0.518. The van der Waals surface area contributed by atoms with E-state index in [0.29, 0.717) is 30.0 Å². The van der Waals surface area contributed by atoms with Gasteiger partial charge in [-0.25, -0.2) is 9.89 Å². The van der Waals surface area contributed by atoms with Crippen LogP contribution < -0.4 is 16.2 Å². The molecule has 1 saturated carbocycles. The number of urea groups is 1. The molecule has 1 saturated heterocycles. The van der Waals surface area contributed by atoms with Crippen molar-refractivity contribution in [1.29, 1.82) is 0 Å². The molecule has 4 rings (SSSR count). The summed E-state index contributed by atoms with van der Waals surface area (Å²) in [5.74, 6) is -0.577. The van der Waals surface area contributed by atoms with Gasteiger partial charge in [-0.1, -0.05) is 31.0 Å². The number of carbonyl (C=O) groups excluding carboxylic acids is 3. The van der Waals surface area contributed by atoms with E-state index in [9.17, 15) is 19.2 Å². The van der Waals surface area contributed by atoms with Crippen LogP contribution in [0.2, 0.25) is 0 Å². The SMILES string of the molecule is O=C(NCCCN1C(=O)NC2(CCCC2)C1=O)c1n[nH]c(=O)c2ccccc12. The fourth-order valence-corrected chi connectivity index (χ4v) is 4.01. The molecule has 9 nitrogen and oxygen atoms in total. The molecule has 4 amide bonds. The molecule has 0 radical (unpaired) electrons. The van der Waals surface area contributed by atoms with Crippen LogP contribution in [0.4, 0.5) is 4.79 Å². The third-order valence-corrected chi connectivity index (χ3v) is 5.46. The lowest BCUT2D eigenvalue weighted by atomic mass is 9.98. The Hall–Kier alpha value is -3.23. The van der Waals surface area contributed by atoms with E-state index in [-0.39, 0.29) is 36.3 Å². The van der Waals surface area contributed by atoms with Gasteiger partial charge in [0.25, 0.3) is 17.4 Å². The maximum Gasteiger partial charge on any atom is 0.325 e. The van der Waals surface area contributed by atoms with Crippen molar-refractivity contribution in [1.82, 2.24) is 25.7 Å². The standard InChI is InChI=1S/C19H21N5O4/c25-15-13-7-2-1-6-12(13)14(22-23-15)16(26)20-10-5-11-24-17(27)19(21-18(24)28)8-3-4-9-19/h1-2,6-7H,3-5,8-11H2,(H,20,26)(H,21,28)(H,23,25). The summed E-state index contributed by atoms with van der Waals surface area (Å²) in [6, 6.07) is 6.39. The molecule has 2 aliphatic rings. The van der Waals surface area contributed by atoms with E-state index in [0.717, 1.165) is 12.8 Å². The van der Waals surface area contributed by atoms with E-state index in [4.69, 9.17) is 0 Å². The predicted molar refractivity (Wildman–Crippen MR) is 101 cm³/mol. The summed E-state index contributed by atoms with van der Waals surface area (Å²) in [6.07, 6.45) is 3.69. The second kappa shape index (κ2) is 7.06.